The van der Waals surface area contributed by atoms with Crippen molar-refractivity contribution in [3.8, 4) is 0 Å². The van der Waals surface area contributed by atoms with Crippen LogP contribution in [0.2, 0.25) is 0 Å². The van der Waals surface area contributed by atoms with E-state index in [1.807, 2.05) is 6.07 Å². The zero-order valence-electron chi connectivity index (χ0n) is 13.7. The molecule has 2 aromatic rings. The lowest BCUT2D eigenvalue weighted by Crippen LogP contribution is -2.25. The number of halogens is 2. The molecule has 0 aliphatic carbocycles. The van der Waals surface area contributed by atoms with Crippen LogP contribution in [0.1, 0.15) is 23.6 Å². The Hall–Kier alpha value is -3.22. The van der Waals surface area contributed by atoms with Gasteiger partial charge in [-0.1, -0.05) is 30.3 Å². The van der Waals surface area contributed by atoms with Gasteiger partial charge in [0.15, 0.2) is 5.78 Å². The quantitative estimate of drug-likeness (QED) is 0.872. The normalized spacial score (nSPS) is 16.1. The van der Waals surface area contributed by atoms with Gasteiger partial charge in [-0.15, -0.1) is 0 Å². The number of amides is 1. The number of benzene rings is 2. The van der Waals surface area contributed by atoms with E-state index in [4.69, 9.17) is 4.74 Å². The molecule has 26 heavy (non-hydrogen) atoms. The third-order valence-corrected chi connectivity index (χ3v) is 3.86. The Labute approximate surface area is 148 Å². The molecule has 5 nitrogen and oxygen atoms in total. The second-order valence-electron chi connectivity index (χ2n) is 5.76. The number of ketones is 1. The van der Waals surface area contributed by atoms with Gasteiger partial charge < -0.3 is 10.1 Å². The standard InChI is InChI=1S/C19H16F2N2O3/c20-15-8-13(23-19(25)26-11-12-4-2-1-3-5-12)9-16(21)18(15)17-10-14(24)6-7-22-17/h1-9,17,22H,10-11H2,(H,23,25). The molecule has 1 heterocycles. The highest BCUT2D eigenvalue weighted by Gasteiger charge is 2.24. The summed E-state index contributed by atoms with van der Waals surface area (Å²) >= 11 is 0. The van der Waals surface area contributed by atoms with Gasteiger partial charge in [0, 0.05) is 23.9 Å². The van der Waals surface area contributed by atoms with Gasteiger partial charge in [0.05, 0.1) is 6.04 Å². The fourth-order valence-electron chi connectivity index (χ4n) is 2.64. The van der Waals surface area contributed by atoms with Gasteiger partial charge in [-0.2, -0.15) is 0 Å². The minimum Gasteiger partial charge on any atom is -0.444 e. The Kier molecular flexibility index (Phi) is 5.26. The number of carbonyl (C=O) groups is 2. The van der Waals surface area contributed by atoms with Crippen LogP contribution in [0.15, 0.2) is 54.7 Å². The number of rotatable bonds is 4. The molecule has 3 rings (SSSR count). The Bertz CT molecular complexity index is 830. The number of anilines is 1. The van der Waals surface area contributed by atoms with Crippen LogP contribution in [0.4, 0.5) is 19.3 Å². The van der Waals surface area contributed by atoms with Gasteiger partial charge in [-0.25, -0.2) is 13.6 Å². The van der Waals surface area contributed by atoms with Crippen LogP contribution in [-0.4, -0.2) is 11.9 Å². The summed E-state index contributed by atoms with van der Waals surface area (Å²) in [6.45, 7) is 0.0379. The highest BCUT2D eigenvalue weighted by Crippen LogP contribution is 2.28. The summed E-state index contributed by atoms with van der Waals surface area (Å²) in [4.78, 5) is 23.2. The molecular formula is C19H16F2N2O3. The molecular weight excluding hydrogens is 342 g/mol. The Balaban J connectivity index is 1.66. The van der Waals surface area contributed by atoms with Crippen molar-refractivity contribution in [3.63, 3.8) is 0 Å². The third kappa shape index (κ3) is 4.24. The van der Waals surface area contributed by atoms with E-state index in [9.17, 15) is 18.4 Å². The molecule has 1 aliphatic rings. The molecule has 1 amide bonds. The second-order valence-corrected chi connectivity index (χ2v) is 5.76. The fourth-order valence-corrected chi connectivity index (χ4v) is 2.64. The molecule has 1 unspecified atom stereocenters. The van der Waals surface area contributed by atoms with Crippen LogP contribution in [0.3, 0.4) is 0 Å². The van der Waals surface area contributed by atoms with E-state index in [0.717, 1.165) is 17.7 Å². The largest absolute Gasteiger partial charge is 0.444 e. The summed E-state index contributed by atoms with van der Waals surface area (Å²) < 4.78 is 33.6. The third-order valence-electron chi connectivity index (χ3n) is 3.86. The first-order valence-corrected chi connectivity index (χ1v) is 7.95. The Morgan fingerprint density at radius 1 is 1.19 bits per heavy atom. The molecule has 134 valence electrons. The lowest BCUT2D eigenvalue weighted by atomic mass is 9.98. The van der Waals surface area contributed by atoms with Gasteiger partial charge >= 0.3 is 6.09 Å². The van der Waals surface area contributed by atoms with E-state index >= 15 is 0 Å². The van der Waals surface area contributed by atoms with Crippen molar-refractivity contribution in [2.45, 2.75) is 19.1 Å². The Morgan fingerprint density at radius 2 is 1.88 bits per heavy atom. The van der Waals surface area contributed by atoms with E-state index in [1.54, 1.807) is 24.3 Å². The first-order valence-electron chi connectivity index (χ1n) is 7.95. The van der Waals surface area contributed by atoms with E-state index in [1.165, 1.54) is 12.3 Å². The number of carbonyl (C=O) groups excluding carboxylic acids is 2. The molecule has 0 aromatic heterocycles. The molecule has 7 heteroatoms. The van der Waals surface area contributed by atoms with Gasteiger partial charge in [0.25, 0.3) is 0 Å². The molecule has 1 aliphatic heterocycles. The summed E-state index contributed by atoms with van der Waals surface area (Å²) in [6.07, 6.45) is 1.80. The Morgan fingerprint density at radius 3 is 2.54 bits per heavy atom. The van der Waals surface area contributed by atoms with Crippen molar-refractivity contribution in [1.82, 2.24) is 5.32 Å². The van der Waals surface area contributed by atoms with Crippen molar-refractivity contribution in [2.75, 3.05) is 5.32 Å². The molecule has 0 saturated carbocycles. The van der Waals surface area contributed by atoms with Crippen molar-refractivity contribution < 1.29 is 23.1 Å². The summed E-state index contributed by atoms with van der Waals surface area (Å²) in [6, 6.07) is 10.2. The van der Waals surface area contributed by atoms with Gasteiger partial charge in [0.2, 0.25) is 0 Å². The maximum atomic E-state index is 14.3. The van der Waals surface area contributed by atoms with Crippen LogP contribution >= 0.6 is 0 Å². The van der Waals surface area contributed by atoms with Crippen LogP contribution in [-0.2, 0) is 16.1 Å². The SMILES string of the molecule is O=C1C=CNC(c2c(F)cc(NC(=O)OCc3ccccc3)cc2F)C1. The van der Waals surface area contributed by atoms with Crippen LogP contribution in [0.5, 0.6) is 0 Å². The smallest absolute Gasteiger partial charge is 0.411 e. The summed E-state index contributed by atoms with van der Waals surface area (Å²) in [5, 5.41) is 5.04. The lowest BCUT2D eigenvalue weighted by molar-refractivity contribution is -0.115. The highest BCUT2D eigenvalue weighted by atomic mass is 19.1. The number of ether oxygens (including phenoxy) is 1. The topological polar surface area (TPSA) is 67.4 Å². The average molecular weight is 358 g/mol. The molecule has 0 bridgehead atoms. The fraction of sp³-hybridized carbons (Fsp3) is 0.158. The monoisotopic (exact) mass is 358 g/mol. The molecule has 2 N–H and O–H groups in total. The van der Waals surface area contributed by atoms with E-state index in [-0.39, 0.29) is 30.1 Å². The van der Waals surface area contributed by atoms with Crippen LogP contribution in [0, 0.1) is 11.6 Å². The minimum atomic E-state index is -0.857. The second kappa shape index (κ2) is 7.77. The van der Waals surface area contributed by atoms with Crippen molar-refractivity contribution in [2.24, 2.45) is 0 Å². The molecule has 0 spiro atoms. The van der Waals surface area contributed by atoms with Crippen LogP contribution < -0.4 is 10.6 Å². The summed E-state index contributed by atoms with van der Waals surface area (Å²) in [5.41, 5.74) is 0.474. The van der Waals surface area contributed by atoms with Gasteiger partial charge in [0.1, 0.15) is 18.2 Å². The van der Waals surface area contributed by atoms with E-state index in [0.29, 0.717) is 0 Å². The first kappa shape index (κ1) is 17.6. The first-order chi connectivity index (χ1) is 12.5. The van der Waals surface area contributed by atoms with Crippen LogP contribution in [0.25, 0.3) is 0 Å². The molecule has 0 saturated heterocycles. The lowest BCUT2D eigenvalue weighted by Gasteiger charge is -2.21. The predicted molar refractivity (Wildman–Crippen MR) is 91.2 cm³/mol. The molecule has 2 aromatic carbocycles. The number of hydrogen-bond donors (Lipinski definition) is 2. The summed E-state index contributed by atoms with van der Waals surface area (Å²) in [5.74, 6) is -1.94. The van der Waals surface area contributed by atoms with Crippen molar-refractivity contribution in [1.29, 1.82) is 0 Å². The molecule has 0 fully saturated rings. The zero-order valence-corrected chi connectivity index (χ0v) is 13.7. The summed E-state index contributed by atoms with van der Waals surface area (Å²) in [7, 11) is 0. The van der Waals surface area contributed by atoms with Gasteiger partial charge in [-0.05, 0) is 23.8 Å². The van der Waals surface area contributed by atoms with Crippen molar-refractivity contribution >= 4 is 17.6 Å². The van der Waals surface area contributed by atoms with E-state index in [2.05, 4.69) is 10.6 Å². The van der Waals surface area contributed by atoms with Crippen molar-refractivity contribution in [3.05, 3.63) is 77.5 Å². The average Bonchev–Trinajstić information content (AvgIpc) is 2.60. The number of hydrogen-bond acceptors (Lipinski definition) is 4. The number of nitrogens with one attached hydrogen (secondary N) is 2. The minimum absolute atomic E-state index is 0.0379. The maximum Gasteiger partial charge on any atom is 0.411 e. The van der Waals surface area contributed by atoms with E-state index < -0.39 is 23.8 Å². The maximum absolute atomic E-state index is 14.3. The molecule has 0 radical (unpaired) electrons. The number of allylic oxidation sites excluding steroid dienone is 1. The molecule has 1 atom stereocenters. The van der Waals surface area contributed by atoms with Gasteiger partial charge in [-0.3, -0.25) is 10.1 Å². The predicted octanol–water partition coefficient (Wildman–Crippen LogP) is 3.83. The highest BCUT2D eigenvalue weighted by molar-refractivity contribution is 5.91. The zero-order chi connectivity index (χ0) is 18.5.